The van der Waals surface area contributed by atoms with Crippen LogP contribution in [-0.4, -0.2) is 32.9 Å². The van der Waals surface area contributed by atoms with E-state index >= 15 is 0 Å². The molecule has 3 aromatic rings. The fraction of sp³-hybridized carbons (Fsp3) is 0.368. The van der Waals surface area contributed by atoms with Gasteiger partial charge in [-0.25, -0.2) is 9.50 Å². The Morgan fingerprint density at radius 3 is 2.65 bits per heavy atom. The summed E-state index contributed by atoms with van der Waals surface area (Å²) >= 11 is 1.74. The second-order valence-corrected chi connectivity index (χ2v) is 7.63. The third-order valence-electron chi connectivity index (χ3n) is 4.85. The Balaban J connectivity index is 1.57. The molecule has 1 fully saturated rings. The molecule has 0 atom stereocenters. The molecule has 0 bridgehead atoms. The normalized spacial score (nSPS) is 20.2. The second-order valence-electron chi connectivity index (χ2n) is 6.75. The quantitative estimate of drug-likeness (QED) is 0.593. The lowest BCUT2D eigenvalue weighted by Gasteiger charge is -2.27. The molecule has 1 aliphatic carbocycles. The molecule has 1 aliphatic rings. The van der Waals surface area contributed by atoms with E-state index in [4.69, 9.17) is 5.73 Å². The number of fused-ring (bicyclic) bond motifs is 1. The van der Waals surface area contributed by atoms with Crippen molar-refractivity contribution in [3.05, 3.63) is 42.7 Å². The minimum Gasteiger partial charge on any atom is -0.366 e. The van der Waals surface area contributed by atoms with Gasteiger partial charge in [0.25, 0.3) is 0 Å². The molecule has 4 N–H and O–H groups in total. The summed E-state index contributed by atoms with van der Waals surface area (Å²) in [6.07, 6.45) is 10.0. The van der Waals surface area contributed by atoms with Gasteiger partial charge in [-0.15, -0.1) is 16.9 Å². The molecule has 0 radical (unpaired) electrons. The zero-order valence-corrected chi connectivity index (χ0v) is 15.7. The van der Waals surface area contributed by atoms with Gasteiger partial charge in [0.2, 0.25) is 0 Å². The Morgan fingerprint density at radius 1 is 1.15 bits per heavy atom. The van der Waals surface area contributed by atoms with Crippen LogP contribution in [0.5, 0.6) is 0 Å². The van der Waals surface area contributed by atoms with Gasteiger partial charge in [-0.05, 0) is 56.2 Å². The molecule has 0 saturated heterocycles. The molecule has 7 heteroatoms. The predicted octanol–water partition coefficient (Wildman–Crippen LogP) is 3.88. The fourth-order valence-electron chi connectivity index (χ4n) is 3.38. The van der Waals surface area contributed by atoms with Crippen molar-refractivity contribution in [2.45, 2.75) is 42.7 Å². The van der Waals surface area contributed by atoms with E-state index in [1.807, 2.05) is 16.8 Å². The molecule has 2 aromatic heterocycles. The number of imidazole rings is 1. The van der Waals surface area contributed by atoms with Crippen molar-refractivity contribution in [2.24, 2.45) is 5.73 Å². The molecule has 0 unspecified atom stereocenters. The van der Waals surface area contributed by atoms with Crippen LogP contribution in [0.2, 0.25) is 0 Å². The predicted molar refractivity (Wildman–Crippen MR) is 108 cm³/mol. The first kappa shape index (κ1) is 17.2. The summed E-state index contributed by atoms with van der Waals surface area (Å²) in [5, 5.41) is 11.7. The highest BCUT2D eigenvalue weighted by atomic mass is 32.2. The zero-order chi connectivity index (χ0) is 17.9. The van der Waals surface area contributed by atoms with E-state index in [0.29, 0.717) is 12.1 Å². The molecule has 0 spiro atoms. The largest absolute Gasteiger partial charge is 0.366 e. The van der Waals surface area contributed by atoms with Crippen molar-refractivity contribution in [1.82, 2.24) is 14.6 Å². The third kappa shape index (κ3) is 3.78. The van der Waals surface area contributed by atoms with E-state index in [-0.39, 0.29) is 0 Å². The van der Waals surface area contributed by atoms with Crippen molar-refractivity contribution in [3.8, 4) is 0 Å². The highest BCUT2D eigenvalue weighted by Gasteiger charge is 2.19. The Labute approximate surface area is 157 Å². The Kier molecular flexibility index (Phi) is 4.99. The number of nitrogens with zero attached hydrogens (tertiary/aromatic N) is 3. The molecule has 2 heterocycles. The van der Waals surface area contributed by atoms with E-state index in [2.05, 4.69) is 51.2 Å². The van der Waals surface area contributed by atoms with Crippen LogP contribution < -0.4 is 16.4 Å². The number of aromatic nitrogens is 3. The fourth-order valence-corrected chi connectivity index (χ4v) is 3.79. The molecular weight excluding hydrogens is 344 g/mol. The second kappa shape index (κ2) is 7.55. The van der Waals surface area contributed by atoms with Gasteiger partial charge in [-0.3, -0.25) is 0 Å². The van der Waals surface area contributed by atoms with Crippen molar-refractivity contribution < 1.29 is 0 Å². The molecule has 0 aliphatic heterocycles. The number of thioether (sulfide) groups is 1. The molecule has 136 valence electrons. The molecule has 1 aromatic carbocycles. The SMILES string of the molecule is CSc1ccc(Nc2cc(NC3CCC(N)CC3)nn3ccnc23)cc1. The number of benzene rings is 1. The number of anilines is 3. The van der Waals surface area contributed by atoms with Gasteiger partial charge in [-0.1, -0.05) is 0 Å². The van der Waals surface area contributed by atoms with Gasteiger partial charge >= 0.3 is 0 Å². The molecule has 6 nitrogen and oxygen atoms in total. The molecule has 4 rings (SSSR count). The lowest BCUT2D eigenvalue weighted by atomic mass is 9.92. The summed E-state index contributed by atoms with van der Waals surface area (Å²) in [5.74, 6) is 0.860. The summed E-state index contributed by atoms with van der Waals surface area (Å²) in [7, 11) is 0. The van der Waals surface area contributed by atoms with E-state index in [0.717, 1.165) is 48.5 Å². The zero-order valence-electron chi connectivity index (χ0n) is 14.9. The van der Waals surface area contributed by atoms with Gasteiger partial charge in [0.1, 0.15) is 5.82 Å². The molecular formula is C19H24N6S. The highest BCUT2D eigenvalue weighted by Crippen LogP contribution is 2.26. The maximum absolute atomic E-state index is 6.01. The minimum absolute atomic E-state index is 0.346. The van der Waals surface area contributed by atoms with Crippen LogP contribution in [0.4, 0.5) is 17.2 Å². The number of hydrogen-bond donors (Lipinski definition) is 3. The Hall–Kier alpha value is -2.25. The summed E-state index contributed by atoms with van der Waals surface area (Å²) < 4.78 is 1.81. The maximum Gasteiger partial charge on any atom is 0.177 e. The summed E-state index contributed by atoms with van der Waals surface area (Å²) in [4.78, 5) is 5.68. The lowest BCUT2D eigenvalue weighted by molar-refractivity contribution is 0.410. The smallest absolute Gasteiger partial charge is 0.177 e. The topological polar surface area (TPSA) is 80.3 Å². The van der Waals surface area contributed by atoms with Crippen LogP contribution in [0.15, 0.2) is 47.6 Å². The van der Waals surface area contributed by atoms with Gasteiger partial charge in [-0.2, -0.15) is 0 Å². The Morgan fingerprint density at radius 2 is 1.92 bits per heavy atom. The van der Waals surface area contributed by atoms with Crippen molar-refractivity contribution in [1.29, 1.82) is 0 Å². The number of nitrogens with one attached hydrogen (secondary N) is 2. The van der Waals surface area contributed by atoms with Gasteiger partial charge in [0.15, 0.2) is 5.65 Å². The lowest BCUT2D eigenvalue weighted by Crippen LogP contribution is -2.33. The van der Waals surface area contributed by atoms with Gasteiger partial charge in [0, 0.05) is 41.1 Å². The van der Waals surface area contributed by atoms with Crippen molar-refractivity contribution >= 4 is 34.6 Å². The van der Waals surface area contributed by atoms with Gasteiger partial charge < -0.3 is 16.4 Å². The number of nitrogens with two attached hydrogens (primary N) is 1. The molecule has 0 amide bonds. The van der Waals surface area contributed by atoms with Crippen LogP contribution in [0.3, 0.4) is 0 Å². The first-order chi connectivity index (χ1) is 12.7. The van der Waals surface area contributed by atoms with E-state index in [9.17, 15) is 0 Å². The first-order valence-electron chi connectivity index (χ1n) is 8.99. The maximum atomic E-state index is 6.01. The minimum atomic E-state index is 0.346. The van der Waals surface area contributed by atoms with Crippen LogP contribution >= 0.6 is 11.8 Å². The van der Waals surface area contributed by atoms with Crippen LogP contribution in [0, 0.1) is 0 Å². The van der Waals surface area contributed by atoms with E-state index < -0.39 is 0 Å². The number of hydrogen-bond acceptors (Lipinski definition) is 6. The summed E-state index contributed by atoms with van der Waals surface area (Å²) in [6, 6.07) is 11.2. The van der Waals surface area contributed by atoms with Crippen molar-refractivity contribution in [3.63, 3.8) is 0 Å². The summed E-state index contributed by atoms with van der Waals surface area (Å²) in [5.41, 5.74) is 8.81. The average molecular weight is 369 g/mol. The first-order valence-corrected chi connectivity index (χ1v) is 10.2. The van der Waals surface area contributed by atoms with E-state index in [1.165, 1.54) is 4.90 Å². The van der Waals surface area contributed by atoms with Crippen LogP contribution in [0.1, 0.15) is 25.7 Å². The van der Waals surface area contributed by atoms with E-state index in [1.54, 1.807) is 18.0 Å². The van der Waals surface area contributed by atoms with Crippen LogP contribution in [0.25, 0.3) is 5.65 Å². The molecule has 1 saturated carbocycles. The highest BCUT2D eigenvalue weighted by molar-refractivity contribution is 7.98. The molecule has 26 heavy (non-hydrogen) atoms. The monoisotopic (exact) mass is 368 g/mol. The number of rotatable bonds is 5. The average Bonchev–Trinajstić information content (AvgIpc) is 3.13. The standard InChI is InChI=1S/C19H24N6S/c1-26-16-8-6-14(7-9-16)22-17-12-18(24-25-11-10-21-19(17)25)23-15-4-2-13(20)3-5-15/h6-13,15,22H,2-5,20H2,1H3,(H,23,24). The Bertz CT molecular complexity index is 867. The van der Waals surface area contributed by atoms with Gasteiger partial charge in [0.05, 0.1) is 5.69 Å². The van der Waals surface area contributed by atoms with Crippen LogP contribution in [-0.2, 0) is 0 Å². The summed E-state index contributed by atoms with van der Waals surface area (Å²) in [6.45, 7) is 0. The third-order valence-corrected chi connectivity index (χ3v) is 5.60. The van der Waals surface area contributed by atoms with Crippen molar-refractivity contribution in [2.75, 3.05) is 16.9 Å².